The van der Waals surface area contributed by atoms with Gasteiger partial charge in [-0.25, -0.2) is 4.98 Å². The number of hydrogen-bond acceptors (Lipinski definition) is 7. The van der Waals surface area contributed by atoms with E-state index in [1.54, 1.807) is 4.90 Å². The summed E-state index contributed by atoms with van der Waals surface area (Å²) in [6.07, 6.45) is 1.58. The number of amides is 1. The zero-order chi connectivity index (χ0) is 20.8. The van der Waals surface area contributed by atoms with Gasteiger partial charge in [0.15, 0.2) is 0 Å². The molecule has 1 saturated heterocycles. The average molecular weight is 412 g/mol. The predicted molar refractivity (Wildman–Crippen MR) is 114 cm³/mol. The molecule has 8 heteroatoms. The first-order valence-electron chi connectivity index (χ1n) is 9.72. The number of rotatable bonds is 4. The minimum Gasteiger partial charge on any atom is -0.402 e. The number of anilines is 1. The Morgan fingerprint density at radius 3 is 2.62 bits per heavy atom. The highest BCUT2D eigenvalue weighted by Gasteiger charge is 2.33. The van der Waals surface area contributed by atoms with Crippen molar-refractivity contribution in [1.29, 1.82) is 0 Å². The van der Waals surface area contributed by atoms with Gasteiger partial charge in [0.2, 0.25) is 5.91 Å². The molecule has 4 rings (SSSR count). The molecule has 29 heavy (non-hydrogen) atoms. The van der Waals surface area contributed by atoms with Crippen LogP contribution in [-0.4, -0.2) is 33.7 Å². The van der Waals surface area contributed by atoms with Gasteiger partial charge in [-0.1, -0.05) is 50.1 Å². The highest BCUT2D eigenvalue weighted by atomic mass is 32.1. The summed E-state index contributed by atoms with van der Waals surface area (Å²) in [6, 6.07) is 8.45. The molecule has 3 heterocycles. The van der Waals surface area contributed by atoms with Crippen molar-refractivity contribution in [3.05, 3.63) is 35.5 Å². The van der Waals surface area contributed by atoms with Gasteiger partial charge >= 0.3 is 6.01 Å². The second-order valence-corrected chi connectivity index (χ2v) is 9.40. The van der Waals surface area contributed by atoms with Crippen LogP contribution < -0.4 is 10.6 Å². The summed E-state index contributed by atoms with van der Waals surface area (Å²) in [5.41, 5.74) is 8.79. The highest BCUT2D eigenvalue weighted by molar-refractivity contribution is 7.18. The third-order valence-electron chi connectivity index (χ3n) is 5.23. The number of benzene rings is 1. The number of hydrogen-bond donors (Lipinski definition) is 1. The number of nitrogens with two attached hydrogens (primary N) is 1. The first kappa shape index (κ1) is 19.6. The lowest BCUT2D eigenvalue weighted by atomic mass is 9.87. The normalized spacial score (nSPS) is 17.1. The van der Waals surface area contributed by atoms with Gasteiger partial charge in [0, 0.05) is 12.1 Å². The van der Waals surface area contributed by atoms with Crippen LogP contribution in [0.4, 0.5) is 6.01 Å². The minimum atomic E-state index is -0.386. The predicted octanol–water partition coefficient (Wildman–Crippen LogP) is 3.92. The fourth-order valence-corrected chi connectivity index (χ4v) is 4.54. The van der Waals surface area contributed by atoms with E-state index in [1.807, 2.05) is 6.92 Å². The van der Waals surface area contributed by atoms with Crippen LogP contribution in [0, 0.1) is 6.92 Å². The van der Waals surface area contributed by atoms with Gasteiger partial charge in [-0.15, -0.1) is 16.4 Å². The topological polar surface area (TPSA) is 98.1 Å². The van der Waals surface area contributed by atoms with Crippen LogP contribution in [0.5, 0.6) is 0 Å². The molecule has 1 aliphatic heterocycles. The second-order valence-electron chi connectivity index (χ2n) is 8.40. The molecule has 0 unspecified atom stereocenters. The molecule has 7 nitrogen and oxygen atoms in total. The molecule has 1 aromatic carbocycles. The molecule has 2 N–H and O–H groups in total. The monoisotopic (exact) mass is 411 g/mol. The van der Waals surface area contributed by atoms with Crippen LogP contribution >= 0.6 is 11.3 Å². The van der Waals surface area contributed by atoms with E-state index in [-0.39, 0.29) is 17.4 Å². The lowest BCUT2D eigenvalue weighted by Gasteiger charge is -2.18. The Balaban J connectivity index is 1.61. The molecular formula is C21H25N5O2S. The molecule has 0 aliphatic carbocycles. The maximum atomic E-state index is 11.6. The van der Waals surface area contributed by atoms with E-state index in [1.165, 1.54) is 16.9 Å². The van der Waals surface area contributed by atoms with Crippen molar-refractivity contribution in [2.24, 2.45) is 5.73 Å². The lowest BCUT2D eigenvalue weighted by Crippen LogP contribution is -2.40. The first-order valence-corrected chi connectivity index (χ1v) is 10.5. The van der Waals surface area contributed by atoms with Crippen LogP contribution in [0.3, 0.4) is 0 Å². The third-order valence-corrected chi connectivity index (χ3v) is 6.42. The van der Waals surface area contributed by atoms with E-state index in [2.05, 4.69) is 55.2 Å². The van der Waals surface area contributed by atoms with Gasteiger partial charge in [0.05, 0.1) is 5.69 Å². The fourth-order valence-electron chi connectivity index (χ4n) is 3.55. The average Bonchev–Trinajstić information content (AvgIpc) is 3.39. The van der Waals surface area contributed by atoms with E-state index in [4.69, 9.17) is 15.1 Å². The van der Waals surface area contributed by atoms with Crippen LogP contribution in [-0.2, 0) is 10.2 Å². The van der Waals surface area contributed by atoms with Crippen LogP contribution in [0.25, 0.3) is 21.3 Å². The van der Waals surface area contributed by atoms with Crippen molar-refractivity contribution in [2.75, 3.05) is 11.4 Å². The largest absolute Gasteiger partial charge is 0.402 e. The van der Waals surface area contributed by atoms with Gasteiger partial charge in [0.1, 0.15) is 15.9 Å². The van der Waals surface area contributed by atoms with Crippen molar-refractivity contribution in [3.63, 3.8) is 0 Å². The van der Waals surface area contributed by atoms with Crippen LogP contribution in [0.1, 0.15) is 44.9 Å². The first-order chi connectivity index (χ1) is 13.7. The Bertz CT molecular complexity index is 1030. The molecule has 2 aromatic heterocycles. The Labute approximate surface area is 174 Å². The van der Waals surface area contributed by atoms with Gasteiger partial charge < -0.3 is 15.1 Å². The van der Waals surface area contributed by atoms with Gasteiger partial charge in [0.25, 0.3) is 5.89 Å². The standard InChI is InChI=1S/C21H25N5O2S/c1-12-16(18-24-25-20(28-18)26-11-5-6-15(26)17(22)27)29-19(23-12)13-7-9-14(10-8-13)21(2,3)4/h7-10,15H,5-6,11H2,1-4H3,(H2,22,27)/t15-/m1/s1. The summed E-state index contributed by atoms with van der Waals surface area (Å²) in [6.45, 7) is 9.21. The van der Waals surface area contributed by atoms with Gasteiger partial charge in [-0.05, 0) is 30.7 Å². The summed E-state index contributed by atoms with van der Waals surface area (Å²) in [4.78, 5) is 19.0. The summed E-state index contributed by atoms with van der Waals surface area (Å²) in [7, 11) is 0. The minimum absolute atomic E-state index is 0.112. The molecule has 1 atom stereocenters. The lowest BCUT2D eigenvalue weighted by molar-refractivity contribution is -0.119. The quantitative estimate of drug-likeness (QED) is 0.699. The number of primary amides is 1. The molecule has 1 amide bonds. The third kappa shape index (κ3) is 3.76. The van der Waals surface area contributed by atoms with Crippen molar-refractivity contribution in [1.82, 2.24) is 15.2 Å². The van der Waals surface area contributed by atoms with Gasteiger partial charge in [-0.3, -0.25) is 4.79 Å². The van der Waals surface area contributed by atoms with E-state index in [0.29, 0.717) is 24.9 Å². The Morgan fingerprint density at radius 1 is 1.24 bits per heavy atom. The maximum Gasteiger partial charge on any atom is 0.319 e. The number of thiazole rings is 1. The van der Waals surface area contributed by atoms with Crippen molar-refractivity contribution in [2.45, 2.75) is 52.0 Å². The van der Waals surface area contributed by atoms with Crippen LogP contribution in [0.2, 0.25) is 0 Å². The maximum absolute atomic E-state index is 11.6. The van der Waals surface area contributed by atoms with Crippen LogP contribution in [0.15, 0.2) is 28.7 Å². The molecule has 0 spiro atoms. The summed E-state index contributed by atoms with van der Waals surface area (Å²) in [5, 5.41) is 9.26. The Hall–Kier alpha value is -2.74. The number of aryl methyl sites for hydroxylation is 1. The zero-order valence-corrected chi connectivity index (χ0v) is 17.9. The molecule has 0 saturated carbocycles. The summed E-state index contributed by atoms with van der Waals surface area (Å²) >= 11 is 1.52. The van der Waals surface area contributed by atoms with Crippen molar-refractivity contribution < 1.29 is 9.21 Å². The van der Waals surface area contributed by atoms with E-state index in [0.717, 1.165) is 27.6 Å². The molecule has 1 fully saturated rings. The van der Waals surface area contributed by atoms with Gasteiger partial charge in [-0.2, -0.15) is 0 Å². The molecule has 1 aliphatic rings. The molecule has 152 valence electrons. The molecular weight excluding hydrogens is 386 g/mol. The van der Waals surface area contributed by atoms with E-state index < -0.39 is 0 Å². The Kier molecular flexibility index (Phi) is 4.90. The molecule has 3 aromatic rings. The number of carbonyl (C=O) groups excluding carboxylic acids is 1. The Morgan fingerprint density at radius 2 is 1.97 bits per heavy atom. The van der Waals surface area contributed by atoms with E-state index >= 15 is 0 Å². The highest BCUT2D eigenvalue weighted by Crippen LogP contribution is 2.37. The molecule has 0 bridgehead atoms. The smallest absolute Gasteiger partial charge is 0.319 e. The SMILES string of the molecule is Cc1nc(-c2ccc(C(C)(C)C)cc2)sc1-c1nnc(N2CCC[C@@H]2C(N)=O)o1. The van der Waals surface area contributed by atoms with Crippen molar-refractivity contribution >= 4 is 23.3 Å². The number of nitrogens with zero attached hydrogens (tertiary/aromatic N) is 4. The number of carbonyl (C=O) groups is 1. The zero-order valence-electron chi connectivity index (χ0n) is 17.1. The van der Waals surface area contributed by atoms with E-state index in [9.17, 15) is 4.79 Å². The fraction of sp³-hybridized carbons (Fsp3) is 0.429. The molecule has 0 radical (unpaired) electrons. The second kappa shape index (κ2) is 7.26. The van der Waals surface area contributed by atoms with Crippen molar-refractivity contribution in [3.8, 4) is 21.3 Å². The summed E-state index contributed by atoms with van der Waals surface area (Å²) in [5.74, 6) is 0.0555. The summed E-state index contributed by atoms with van der Waals surface area (Å²) < 4.78 is 5.89. The number of aromatic nitrogens is 3.